The maximum Gasteiger partial charge on any atom is 0.345 e. The van der Waals surface area contributed by atoms with Gasteiger partial charge in [0.2, 0.25) is 0 Å². The Kier molecular flexibility index (Phi) is 8.69. The van der Waals surface area contributed by atoms with E-state index >= 15 is 0 Å². The van der Waals surface area contributed by atoms with Gasteiger partial charge in [0.15, 0.2) is 18.1 Å². The molecule has 3 rings (SSSR count). The normalized spacial score (nSPS) is 10.6. The fourth-order valence-electron chi connectivity index (χ4n) is 2.64. The van der Waals surface area contributed by atoms with Crippen LogP contribution >= 0.6 is 23.2 Å². The number of rotatable bonds is 9. The van der Waals surface area contributed by atoms with E-state index in [0.29, 0.717) is 28.7 Å². The maximum atomic E-state index is 12.5. The van der Waals surface area contributed by atoms with Crippen LogP contribution in [0.4, 0.5) is 0 Å². The van der Waals surface area contributed by atoms with Crippen LogP contribution in [0.15, 0.2) is 71.8 Å². The summed E-state index contributed by atoms with van der Waals surface area (Å²) in [7, 11) is 0. The molecule has 0 unspecified atom stereocenters. The van der Waals surface area contributed by atoms with E-state index < -0.39 is 11.9 Å². The molecule has 0 aromatic heterocycles. The minimum absolute atomic E-state index is 0.173. The van der Waals surface area contributed by atoms with Crippen LogP contribution in [-0.4, -0.2) is 31.3 Å². The molecular weight excluding hydrogens is 467 g/mol. The highest BCUT2D eigenvalue weighted by Gasteiger charge is 2.16. The second-order valence-electron chi connectivity index (χ2n) is 6.55. The number of nitrogens with one attached hydrogen (secondary N) is 1. The second-order valence-corrected chi connectivity index (χ2v) is 7.39. The van der Waals surface area contributed by atoms with Crippen molar-refractivity contribution in [2.75, 3.05) is 13.2 Å². The van der Waals surface area contributed by atoms with Gasteiger partial charge >= 0.3 is 5.97 Å². The standard InChI is InChI=1S/C24H20Cl2N2O5/c1-2-31-22-12-16(14-27-28-23(29)15-32-18-6-4-3-5-7-18)8-11-21(22)33-24(30)19-10-9-17(25)13-20(19)26/h3-14H,2,15H2,1H3,(H,28,29)/b27-14+. The van der Waals surface area contributed by atoms with Crippen molar-refractivity contribution < 1.29 is 23.8 Å². The van der Waals surface area contributed by atoms with Crippen molar-refractivity contribution in [3.05, 3.63) is 87.9 Å². The molecular formula is C24H20Cl2N2O5. The number of hydrazone groups is 1. The van der Waals surface area contributed by atoms with Crippen LogP contribution in [0.2, 0.25) is 10.0 Å². The summed E-state index contributed by atoms with van der Waals surface area (Å²) >= 11 is 11.9. The van der Waals surface area contributed by atoms with E-state index in [1.54, 1.807) is 43.3 Å². The van der Waals surface area contributed by atoms with Crippen LogP contribution in [0.5, 0.6) is 17.2 Å². The average molecular weight is 487 g/mol. The highest BCUT2D eigenvalue weighted by atomic mass is 35.5. The van der Waals surface area contributed by atoms with Crippen LogP contribution in [0, 0.1) is 0 Å². The van der Waals surface area contributed by atoms with E-state index in [1.807, 2.05) is 18.2 Å². The average Bonchev–Trinajstić information content (AvgIpc) is 2.80. The number of benzene rings is 3. The first-order valence-corrected chi connectivity index (χ1v) is 10.7. The zero-order valence-corrected chi connectivity index (χ0v) is 19.1. The predicted octanol–water partition coefficient (Wildman–Crippen LogP) is 5.14. The molecule has 0 atom stereocenters. The molecule has 0 heterocycles. The lowest BCUT2D eigenvalue weighted by Gasteiger charge is -2.12. The van der Waals surface area contributed by atoms with Gasteiger partial charge < -0.3 is 14.2 Å². The van der Waals surface area contributed by atoms with Crippen LogP contribution in [0.3, 0.4) is 0 Å². The van der Waals surface area contributed by atoms with Gasteiger partial charge in [-0.05, 0) is 61.0 Å². The van der Waals surface area contributed by atoms with Crippen molar-refractivity contribution in [3.8, 4) is 17.2 Å². The van der Waals surface area contributed by atoms with Gasteiger partial charge in [0, 0.05) is 5.02 Å². The molecule has 170 valence electrons. The molecule has 7 nitrogen and oxygen atoms in total. The first kappa shape index (κ1) is 24.1. The van der Waals surface area contributed by atoms with Crippen molar-refractivity contribution in [1.29, 1.82) is 0 Å². The molecule has 0 aliphatic carbocycles. The van der Waals surface area contributed by atoms with E-state index in [4.69, 9.17) is 37.4 Å². The summed E-state index contributed by atoms with van der Waals surface area (Å²) in [6.45, 7) is 1.98. The van der Waals surface area contributed by atoms with E-state index in [9.17, 15) is 9.59 Å². The molecule has 0 bridgehead atoms. The van der Waals surface area contributed by atoms with E-state index in [-0.39, 0.29) is 22.9 Å². The second kappa shape index (κ2) is 11.9. The number of esters is 1. The number of hydrogen-bond donors (Lipinski definition) is 1. The van der Waals surface area contributed by atoms with Gasteiger partial charge in [-0.1, -0.05) is 41.4 Å². The molecule has 0 radical (unpaired) electrons. The lowest BCUT2D eigenvalue weighted by molar-refractivity contribution is -0.123. The first-order chi connectivity index (χ1) is 16.0. The number of hydrogen-bond acceptors (Lipinski definition) is 6. The third-order valence-corrected chi connectivity index (χ3v) is 4.69. The van der Waals surface area contributed by atoms with Crippen LogP contribution in [-0.2, 0) is 4.79 Å². The number of ether oxygens (including phenoxy) is 3. The smallest absolute Gasteiger partial charge is 0.345 e. The summed E-state index contributed by atoms with van der Waals surface area (Å²) in [4.78, 5) is 24.4. The van der Waals surface area contributed by atoms with Gasteiger partial charge in [0.05, 0.1) is 23.4 Å². The number of amides is 1. The third-order valence-electron chi connectivity index (χ3n) is 4.14. The van der Waals surface area contributed by atoms with Gasteiger partial charge in [0.1, 0.15) is 5.75 Å². The minimum Gasteiger partial charge on any atom is -0.490 e. The lowest BCUT2D eigenvalue weighted by Crippen LogP contribution is -2.24. The van der Waals surface area contributed by atoms with Crippen LogP contribution in [0.1, 0.15) is 22.8 Å². The molecule has 0 fully saturated rings. The molecule has 33 heavy (non-hydrogen) atoms. The number of halogens is 2. The lowest BCUT2D eigenvalue weighted by atomic mass is 10.2. The SMILES string of the molecule is CCOc1cc(/C=N/NC(=O)COc2ccccc2)ccc1OC(=O)c1ccc(Cl)cc1Cl. The van der Waals surface area contributed by atoms with Crippen molar-refractivity contribution in [2.24, 2.45) is 5.10 Å². The fourth-order valence-corrected chi connectivity index (χ4v) is 3.13. The number of carbonyl (C=O) groups excluding carboxylic acids is 2. The van der Waals surface area contributed by atoms with E-state index in [1.165, 1.54) is 18.3 Å². The Bertz CT molecular complexity index is 1150. The van der Waals surface area contributed by atoms with Gasteiger partial charge in [-0.25, -0.2) is 10.2 Å². The summed E-state index contributed by atoms with van der Waals surface area (Å²) in [5.74, 6) is 0.0715. The molecule has 0 saturated heterocycles. The Hall–Kier alpha value is -3.55. The van der Waals surface area contributed by atoms with E-state index in [2.05, 4.69) is 10.5 Å². The monoisotopic (exact) mass is 486 g/mol. The zero-order valence-electron chi connectivity index (χ0n) is 17.6. The molecule has 0 spiro atoms. The van der Waals surface area contributed by atoms with Gasteiger partial charge in [0.25, 0.3) is 5.91 Å². The molecule has 0 aliphatic rings. The largest absolute Gasteiger partial charge is 0.490 e. The molecule has 9 heteroatoms. The molecule has 3 aromatic carbocycles. The van der Waals surface area contributed by atoms with Crippen molar-refractivity contribution in [1.82, 2.24) is 5.43 Å². The quantitative estimate of drug-likeness (QED) is 0.196. The molecule has 1 N–H and O–H groups in total. The highest BCUT2D eigenvalue weighted by molar-refractivity contribution is 6.36. The van der Waals surface area contributed by atoms with Crippen LogP contribution in [0.25, 0.3) is 0 Å². The molecule has 0 saturated carbocycles. The Labute approximate surface area is 200 Å². The topological polar surface area (TPSA) is 86.2 Å². The van der Waals surface area contributed by atoms with E-state index in [0.717, 1.165) is 0 Å². The highest BCUT2D eigenvalue weighted by Crippen LogP contribution is 2.30. The third kappa shape index (κ3) is 7.24. The molecule has 0 aliphatic heterocycles. The van der Waals surface area contributed by atoms with Crippen molar-refractivity contribution >= 4 is 41.3 Å². The van der Waals surface area contributed by atoms with Gasteiger partial charge in [-0.3, -0.25) is 4.79 Å². The maximum absolute atomic E-state index is 12.5. The number of para-hydroxylation sites is 1. The Morgan fingerprint density at radius 2 is 1.76 bits per heavy atom. The Balaban J connectivity index is 1.62. The molecule has 1 amide bonds. The van der Waals surface area contributed by atoms with Gasteiger partial charge in [-0.15, -0.1) is 0 Å². The fraction of sp³-hybridized carbons (Fsp3) is 0.125. The van der Waals surface area contributed by atoms with Gasteiger partial charge in [-0.2, -0.15) is 5.10 Å². The summed E-state index contributed by atoms with van der Waals surface area (Å²) in [5, 5.41) is 4.51. The predicted molar refractivity (Wildman–Crippen MR) is 127 cm³/mol. The van der Waals surface area contributed by atoms with Crippen molar-refractivity contribution in [3.63, 3.8) is 0 Å². The summed E-state index contributed by atoms with van der Waals surface area (Å²) in [6, 6.07) is 18.3. The van der Waals surface area contributed by atoms with Crippen LogP contribution < -0.4 is 19.6 Å². The van der Waals surface area contributed by atoms with Crippen molar-refractivity contribution in [2.45, 2.75) is 6.92 Å². The summed E-state index contributed by atoms with van der Waals surface area (Å²) in [5.41, 5.74) is 3.18. The molecule has 3 aromatic rings. The Morgan fingerprint density at radius 1 is 0.970 bits per heavy atom. The number of carbonyl (C=O) groups is 2. The first-order valence-electron chi connectivity index (χ1n) is 9.90. The summed E-state index contributed by atoms with van der Waals surface area (Å²) in [6.07, 6.45) is 1.44. The summed E-state index contributed by atoms with van der Waals surface area (Å²) < 4.78 is 16.4. The number of nitrogens with zero attached hydrogens (tertiary/aromatic N) is 1. The minimum atomic E-state index is -0.648. The zero-order chi connectivity index (χ0) is 23.6. The Morgan fingerprint density at radius 3 is 2.48 bits per heavy atom.